The molecular weight excluding hydrogens is 204 g/mol. The van der Waals surface area contributed by atoms with Gasteiger partial charge < -0.3 is 10.2 Å². The van der Waals surface area contributed by atoms with Gasteiger partial charge in [0.05, 0.1) is 6.20 Å². The molecule has 0 saturated carbocycles. The Labute approximate surface area is 96.6 Å². The quantitative estimate of drug-likeness (QED) is 0.775. The van der Waals surface area contributed by atoms with Gasteiger partial charge in [-0.15, -0.1) is 0 Å². The SMILES string of the molecule is CCn1cc(NCCN(C)C)c(=O)n1CC. The third kappa shape index (κ3) is 2.88. The van der Waals surface area contributed by atoms with Crippen molar-refractivity contribution >= 4 is 5.69 Å². The van der Waals surface area contributed by atoms with Crippen LogP contribution in [0.15, 0.2) is 11.0 Å². The molecule has 0 saturated heterocycles. The van der Waals surface area contributed by atoms with E-state index in [9.17, 15) is 4.79 Å². The summed E-state index contributed by atoms with van der Waals surface area (Å²) in [4.78, 5) is 14.0. The molecule has 5 nitrogen and oxygen atoms in total. The minimum atomic E-state index is 0.0723. The maximum atomic E-state index is 11.9. The normalized spacial score (nSPS) is 11.1. The number of rotatable bonds is 6. The summed E-state index contributed by atoms with van der Waals surface area (Å²) in [7, 11) is 4.03. The number of hydrogen-bond donors (Lipinski definition) is 1. The zero-order valence-corrected chi connectivity index (χ0v) is 10.7. The minimum Gasteiger partial charge on any atom is -0.378 e. The molecule has 0 aromatic carbocycles. The van der Waals surface area contributed by atoms with Crippen LogP contribution in [0, 0.1) is 0 Å². The van der Waals surface area contributed by atoms with E-state index >= 15 is 0 Å². The lowest BCUT2D eigenvalue weighted by molar-refractivity contribution is 0.425. The van der Waals surface area contributed by atoms with Crippen LogP contribution in [-0.2, 0) is 13.1 Å². The summed E-state index contributed by atoms with van der Waals surface area (Å²) in [5.74, 6) is 0. The van der Waals surface area contributed by atoms with Crippen LogP contribution in [0.2, 0.25) is 0 Å². The topological polar surface area (TPSA) is 42.2 Å². The largest absolute Gasteiger partial charge is 0.378 e. The van der Waals surface area contributed by atoms with Gasteiger partial charge in [-0.2, -0.15) is 0 Å². The van der Waals surface area contributed by atoms with E-state index in [1.165, 1.54) is 0 Å². The summed E-state index contributed by atoms with van der Waals surface area (Å²) < 4.78 is 3.69. The van der Waals surface area contributed by atoms with Gasteiger partial charge >= 0.3 is 0 Å². The van der Waals surface area contributed by atoms with Crippen LogP contribution in [0.1, 0.15) is 13.8 Å². The fourth-order valence-corrected chi connectivity index (χ4v) is 1.65. The molecule has 0 fully saturated rings. The summed E-state index contributed by atoms with van der Waals surface area (Å²) in [6.45, 7) is 7.26. The molecule has 0 aliphatic rings. The number of aromatic nitrogens is 2. The van der Waals surface area contributed by atoms with Gasteiger partial charge in [0.25, 0.3) is 5.56 Å². The predicted molar refractivity (Wildman–Crippen MR) is 67.1 cm³/mol. The zero-order valence-electron chi connectivity index (χ0n) is 10.7. The van der Waals surface area contributed by atoms with Crippen LogP contribution < -0.4 is 10.9 Å². The lowest BCUT2D eigenvalue weighted by Gasteiger charge is -2.09. The van der Waals surface area contributed by atoms with E-state index in [1.54, 1.807) is 4.68 Å². The van der Waals surface area contributed by atoms with Crippen molar-refractivity contribution < 1.29 is 0 Å². The Bertz CT molecular complexity index is 378. The van der Waals surface area contributed by atoms with Crippen molar-refractivity contribution in [3.63, 3.8) is 0 Å². The van der Waals surface area contributed by atoms with Crippen molar-refractivity contribution in [2.24, 2.45) is 0 Å². The summed E-state index contributed by atoms with van der Waals surface area (Å²) in [5, 5.41) is 3.18. The van der Waals surface area contributed by atoms with Gasteiger partial charge in [-0.1, -0.05) is 0 Å². The molecule has 1 rings (SSSR count). The molecule has 1 heterocycles. The monoisotopic (exact) mass is 226 g/mol. The van der Waals surface area contributed by atoms with Crippen LogP contribution in [0.5, 0.6) is 0 Å². The minimum absolute atomic E-state index is 0.0723. The van der Waals surface area contributed by atoms with E-state index in [4.69, 9.17) is 0 Å². The molecule has 0 unspecified atom stereocenters. The highest BCUT2D eigenvalue weighted by atomic mass is 16.1. The second kappa shape index (κ2) is 5.75. The van der Waals surface area contributed by atoms with Crippen molar-refractivity contribution in [2.45, 2.75) is 26.9 Å². The van der Waals surface area contributed by atoms with Crippen LogP contribution in [0.3, 0.4) is 0 Å². The average Bonchev–Trinajstić information content (AvgIpc) is 2.54. The molecule has 0 radical (unpaired) electrons. The van der Waals surface area contributed by atoms with Gasteiger partial charge in [0.1, 0.15) is 5.69 Å². The molecule has 0 amide bonds. The summed E-state index contributed by atoms with van der Waals surface area (Å²) >= 11 is 0. The maximum absolute atomic E-state index is 11.9. The molecule has 0 atom stereocenters. The molecule has 1 aromatic rings. The van der Waals surface area contributed by atoms with Gasteiger partial charge in [0.15, 0.2) is 0 Å². The third-order valence-electron chi connectivity index (χ3n) is 2.55. The second-order valence-electron chi connectivity index (χ2n) is 4.05. The Balaban J connectivity index is 2.74. The fourth-order valence-electron chi connectivity index (χ4n) is 1.65. The third-order valence-corrected chi connectivity index (χ3v) is 2.55. The van der Waals surface area contributed by atoms with E-state index in [0.29, 0.717) is 12.2 Å². The molecule has 16 heavy (non-hydrogen) atoms. The van der Waals surface area contributed by atoms with E-state index in [-0.39, 0.29) is 5.56 Å². The van der Waals surface area contributed by atoms with Gasteiger partial charge in [-0.3, -0.25) is 9.48 Å². The van der Waals surface area contributed by atoms with Gasteiger partial charge in [-0.25, -0.2) is 4.68 Å². The lowest BCUT2D eigenvalue weighted by Crippen LogP contribution is -2.25. The molecule has 92 valence electrons. The van der Waals surface area contributed by atoms with Gasteiger partial charge in [0, 0.05) is 26.2 Å². The fraction of sp³-hybridized carbons (Fsp3) is 0.727. The van der Waals surface area contributed by atoms with E-state index in [2.05, 4.69) is 10.2 Å². The second-order valence-corrected chi connectivity index (χ2v) is 4.05. The highest BCUT2D eigenvalue weighted by Crippen LogP contribution is 2.01. The molecule has 1 N–H and O–H groups in total. The van der Waals surface area contributed by atoms with Gasteiger partial charge in [0.2, 0.25) is 0 Å². The Hall–Kier alpha value is -1.23. The van der Waals surface area contributed by atoms with E-state index in [0.717, 1.165) is 19.6 Å². The van der Waals surface area contributed by atoms with E-state index in [1.807, 2.05) is 38.8 Å². The number of likely N-dealkylation sites (N-methyl/N-ethyl adjacent to an activating group) is 1. The van der Waals surface area contributed by atoms with Crippen LogP contribution in [0.25, 0.3) is 0 Å². The molecule has 0 spiro atoms. The van der Waals surface area contributed by atoms with Crippen LogP contribution >= 0.6 is 0 Å². The van der Waals surface area contributed by atoms with Crippen molar-refractivity contribution in [2.75, 3.05) is 32.5 Å². The molecule has 1 aromatic heterocycles. The van der Waals surface area contributed by atoms with Crippen molar-refractivity contribution in [1.82, 2.24) is 14.3 Å². The number of hydrogen-bond acceptors (Lipinski definition) is 3. The van der Waals surface area contributed by atoms with E-state index < -0.39 is 0 Å². The van der Waals surface area contributed by atoms with Crippen molar-refractivity contribution in [3.8, 4) is 0 Å². The molecular formula is C11H22N4O. The Morgan fingerprint density at radius 3 is 2.44 bits per heavy atom. The summed E-state index contributed by atoms with van der Waals surface area (Å²) in [6, 6.07) is 0. The van der Waals surface area contributed by atoms with Crippen LogP contribution in [0.4, 0.5) is 5.69 Å². The maximum Gasteiger partial charge on any atom is 0.289 e. The number of nitrogens with one attached hydrogen (secondary N) is 1. The number of nitrogens with zero attached hydrogens (tertiary/aromatic N) is 3. The first kappa shape index (κ1) is 12.8. The standard InChI is InChI=1S/C11H22N4O/c1-5-14-9-10(11(16)15(14)6-2)12-7-8-13(3)4/h9,12H,5-8H2,1-4H3. The first-order valence-electron chi connectivity index (χ1n) is 5.79. The Morgan fingerprint density at radius 1 is 1.31 bits per heavy atom. The average molecular weight is 226 g/mol. The zero-order chi connectivity index (χ0) is 12.1. The summed E-state index contributed by atoms with van der Waals surface area (Å²) in [6.07, 6.45) is 1.89. The highest BCUT2D eigenvalue weighted by Gasteiger charge is 2.07. The first-order chi connectivity index (χ1) is 7.60. The smallest absolute Gasteiger partial charge is 0.289 e. The lowest BCUT2D eigenvalue weighted by atomic mass is 10.5. The van der Waals surface area contributed by atoms with Crippen molar-refractivity contribution in [3.05, 3.63) is 16.6 Å². The number of aryl methyl sites for hydroxylation is 1. The Morgan fingerprint density at radius 2 is 2.00 bits per heavy atom. The molecule has 0 aliphatic carbocycles. The predicted octanol–water partition coefficient (Wildman–Crippen LogP) is 0.663. The highest BCUT2D eigenvalue weighted by molar-refractivity contribution is 5.38. The van der Waals surface area contributed by atoms with Crippen LogP contribution in [-0.4, -0.2) is 41.4 Å². The number of anilines is 1. The molecule has 5 heteroatoms. The molecule has 0 aliphatic heterocycles. The first-order valence-corrected chi connectivity index (χ1v) is 5.79. The summed E-state index contributed by atoms with van der Waals surface area (Å²) in [5.41, 5.74) is 0.772. The van der Waals surface area contributed by atoms with Gasteiger partial charge in [-0.05, 0) is 27.9 Å². The van der Waals surface area contributed by atoms with Crippen molar-refractivity contribution in [1.29, 1.82) is 0 Å². The Kier molecular flexibility index (Phi) is 4.61. The molecule has 0 bridgehead atoms.